The van der Waals surface area contributed by atoms with Crippen molar-refractivity contribution in [3.8, 4) is 0 Å². The lowest BCUT2D eigenvalue weighted by Gasteiger charge is -2.14. The Bertz CT molecular complexity index is 678. The van der Waals surface area contributed by atoms with E-state index in [4.69, 9.17) is 27.9 Å². The van der Waals surface area contributed by atoms with E-state index >= 15 is 0 Å². The second kappa shape index (κ2) is 11.6. The normalized spacial score (nSPS) is 13.5. The maximum Gasteiger partial charge on any atom is 0.191 e. The van der Waals surface area contributed by atoms with E-state index in [2.05, 4.69) is 15.6 Å². The molecule has 0 saturated heterocycles. The number of benzene rings is 1. The molecule has 26 heavy (non-hydrogen) atoms. The van der Waals surface area contributed by atoms with Gasteiger partial charge in [-0.1, -0.05) is 23.2 Å². The van der Waals surface area contributed by atoms with Gasteiger partial charge >= 0.3 is 0 Å². The number of rotatable bonds is 10. The molecule has 1 aromatic rings. The molecule has 0 aromatic heterocycles. The molecule has 1 unspecified atom stereocenters. The fourth-order valence-electron chi connectivity index (χ4n) is 1.95. The van der Waals surface area contributed by atoms with Gasteiger partial charge < -0.3 is 20.5 Å². The van der Waals surface area contributed by atoms with Crippen LogP contribution in [0.15, 0.2) is 23.2 Å². The molecule has 0 aliphatic carbocycles. The van der Waals surface area contributed by atoms with Gasteiger partial charge in [-0.05, 0) is 30.7 Å². The molecule has 0 spiro atoms. The molecule has 1 rings (SSSR count). The average Bonchev–Trinajstić information content (AvgIpc) is 2.53. The van der Waals surface area contributed by atoms with E-state index < -0.39 is 15.9 Å². The molecule has 10 heteroatoms. The van der Waals surface area contributed by atoms with Crippen molar-refractivity contribution in [1.29, 1.82) is 0 Å². The highest BCUT2D eigenvalue weighted by molar-refractivity contribution is 7.90. The molecule has 148 valence electrons. The Balaban J connectivity index is 2.47. The van der Waals surface area contributed by atoms with Crippen molar-refractivity contribution in [2.45, 2.75) is 13.0 Å². The number of aliphatic hydroxyl groups is 1. The van der Waals surface area contributed by atoms with Crippen LogP contribution in [0.25, 0.3) is 0 Å². The van der Waals surface area contributed by atoms with Crippen LogP contribution in [-0.2, 0) is 14.6 Å². The quantitative estimate of drug-likeness (QED) is 0.299. The number of aliphatic imine (C=N–C) groups is 1. The molecule has 1 atom stereocenters. The van der Waals surface area contributed by atoms with Gasteiger partial charge in [-0.25, -0.2) is 8.42 Å². The van der Waals surface area contributed by atoms with Crippen LogP contribution in [0.4, 0.5) is 0 Å². The van der Waals surface area contributed by atoms with Gasteiger partial charge in [0.15, 0.2) is 5.96 Å². The predicted octanol–water partition coefficient (Wildman–Crippen LogP) is 1.64. The van der Waals surface area contributed by atoms with E-state index in [0.29, 0.717) is 41.3 Å². The fourth-order valence-corrected chi connectivity index (χ4v) is 2.91. The van der Waals surface area contributed by atoms with Gasteiger partial charge in [0.05, 0.1) is 31.6 Å². The number of aliphatic hydroxyl groups excluding tert-OH is 1. The van der Waals surface area contributed by atoms with Crippen LogP contribution in [-0.4, -0.2) is 64.3 Å². The van der Waals surface area contributed by atoms with Gasteiger partial charge in [-0.2, -0.15) is 0 Å². The number of hydrogen-bond donors (Lipinski definition) is 3. The molecule has 3 N–H and O–H groups in total. The van der Waals surface area contributed by atoms with E-state index in [0.717, 1.165) is 0 Å². The predicted molar refractivity (Wildman–Crippen MR) is 106 cm³/mol. The van der Waals surface area contributed by atoms with Crippen LogP contribution < -0.4 is 10.6 Å². The second-order valence-electron chi connectivity index (χ2n) is 5.61. The lowest BCUT2D eigenvalue weighted by atomic mass is 10.1. The second-order valence-corrected chi connectivity index (χ2v) is 8.74. The summed E-state index contributed by atoms with van der Waals surface area (Å²) in [7, 11) is -3.02. The number of halogens is 2. The maximum atomic E-state index is 11.0. The molecule has 0 aliphatic rings. The van der Waals surface area contributed by atoms with Crippen LogP contribution >= 0.6 is 23.2 Å². The van der Waals surface area contributed by atoms with Gasteiger partial charge in [-0.3, -0.25) is 4.99 Å². The first-order chi connectivity index (χ1) is 12.2. The Hall–Kier alpha value is -1.06. The first-order valence-corrected chi connectivity index (χ1v) is 10.9. The summed E-state index contributed by atoms with van der Waals surface area (Å²) < 4.78 is 27.3. The van der Waals surface area contributed by atoms with Crippen molar-refractivity contribution >= 4 is 39.0 Å². The Kier molecular flexibility index (Phi) is 10.3. The Morgan fingerprint density at radius 2 is 1.88 bits per heavy atom. The number of guanidine groups is 1. The highest BCUT2D eigenvalue weighted by Crippen LogP contribution is 2.23. The van der Waals surface area contributed by atoms with Crippen molar-refractivity contribution in [1.82, 2.24) is 10.6 Å². The van der Waals surface area contributed by atoms with Crippen molar-refractivity contribution in [2.75, 3.05) is 44.9 Å². The largest absolute Gasteiger partial charge is 0.386 e. The van der Waals surface area contributed by atoms with E-state index in [-0.39, 0.29) is 18.9 Å². The van der Waals surface area contributed by atoms with Gasteiger partial charge in [0.2, 0.25) is 0 Å². The zero-order chi connectivity index (χ0) is 19.6. The summed E-state index contributed by atoms with van der Waals surface area (Å²) in [5.41, 5.74) is 0.589. The van der Waals surface area contributed by atoms with Crippen LogP contribution in [0.2, 0.25) is 10.0 Å². The molecule has 0 fully saturated rings. The summed E-state index contributed by atoms with van der Waals surface area (Å²) in [6.45, 7) is 3.65. The van der Waals surface area contributed by atoms with Crippen molar-refractivity contribution in [2.24, 2.45) is 4.99 Å². The van der Waals surface area contributed by atoms with E-state index in [1.165, 1.54) is 6.26 Å². The van der Waals surface area contributed by atoms with Gasteiger partial charge in [0.25, 0.3) is 0 Å². The van der Waals surface area contributed by atoms with Gasteiger partial charge in [-0.15, -0.1) is 0 Å². The Morgan fingerprint density at radius 1 is 1.23 bits per heavy atom. The third-order valence-electron chi connectivity index (χ3n) is 3.17. The first-order valence-electron chi connectivity index (χ1n) is 8.13. The number of ether oxygens (including phenoxy) is 1. The first kappa shape index (κ1) is 23.0. The molecule has 0 bridgehead atoms. The minimum absolute atomic E-state index is 0.00442. The summed E-state index contributed by atoms with van der Waals surface area (Å²) in [4.78, 5) is 4.31. The topological polar surface area (TPSA) is 100 Å². The third kappa shape index (κ3) is 10.2. The van der Waals surface area contributed by atoms with Crippen molar-refractivity contribution < 1.29 is 18.3 Å². The molecular weight excluding hydrogens is 401 g/mol. The monoisotopic (exact) mass is 425 g/mol. The minimum Gasteiger partial charge on any atom is -0.386 e. The SMILES string of the molecule is CCNC(=NCC(O)c1cc(Cl)cc(Cl)c1)NCCOCCS(C)(=O)=O. The third-order valence-corrected chi connectivity index (χ3v) is 4.52. The highest BCUT2D eigenvalue weighted by atomic mass is 35.5. The molecule has 0 radical (unpaired) electrons. The van der Waals surface area contributed by atoms with E-state index in [1.807, 2.05) is 6.92 Å². The lowest BCUT2D eigenvalue weighted by molar-refractivity contribution is 0.154. The standard InChI is InChI=1S/C16H25Cl2N3O4S/c1-3-19-16(20-4-5-25-6-7-26(2,23)24)21-11-15(22)12-8-13(17)10-14(18)9-12/h8-10,15,22H,3-7,11H2,1-2H3,(H2,19,20,21). The number of sulfone groups is 1. The molecule has 0 amide bonds. The van der Waals surface area contributed by atoms with E-state index in [9.17, 15) is 13.5 Å². The van der Waals surface area contributed by atoms with Crippen molar-refractivity contribution in [3.63, 3.8) is 0 Å². The van der Waals surface area contributed by atoms with Crippen molar-refractivity contribution in [3.05, 3.63) is 33.8 Å². The zero-order valence-corrected chi connectivity index (χ0v) is 17.2. The summed E-state index contributed by atoms with van der Waals surface area (Å²) in [6, 6.07) is 4.88. The Labute approximate surface area is 164 Å². The smallest absolute Gasteiger partial charge is 0.191 e. The summed E-state index contributed by atoms with van der Waals surface area (Å²) >= 11 is 11.9. The number of nitrogens with zero attached hydrogens (tertiary/aromatic N) is 1. The van der Waals surface area contributed by atoms with Crippen LogP contribution in [0.3, 0.4) is 0 Å². The maximum absolute atomic E-state index is 11.0. The lowest BCUT2D eigenvalue weighted by Crippen LogP contribution is -2.39. The summed E-state index contributed by atoms with van der Waals surface area (Å²) in [5.74, 6) is 0.515. The fraction of sp³-hybridized carbons (Fsp3) is 0.562. The summed E-state index contributed by atoms with van der Waals surface area (Å²) in [5, 5.41) is 17.2. The highest BCUT2D eigenvalue weighted by Gasteiger charge is 2.10. The molecule has 1 aromatic carbocycles. The molecule has 0 aliphatic heterocycles. The van der Waals surface area contributed by atoms with Crippen LogP contribution in [0.1, 0.15) is 18.6 Å². The summed E-state index contributed by atoms with van der Waals surface area (Å²) in [6.07, 6.45) is 0.329. The molecule has 0 heterocycles. The number of nitrogens with one attached hydrogen (secondary N) is 2. The van der Waals surface area contributed by atoms with Crippen LogP contribution in [0.5, 0.6) is 0 Å². The minimum atomic E-state index is -3.02. The molecular formula is C16H25Cl2N3O4S. The number of hydrogen-bond acceptors (Lipinski definition) is 5. The molecule has 7 nitrogen and oxygen atoms in total. The van der Waals surface area contributed by atoms with Gasteiger partial charge in [0, 0.05) is 29.4 Å². The zero-order valence-electron chi connectivity index (χ0n) is 14.8. The van der Waals surface area contributed by atoms with Gasteiger partial charge in [0.1, 0.15) is 9.84 Å². The Morgan fingerprint density at radius 3 is 2.46 bits per heavy atom. The van der Waals surface area contributed by atoms with Crippen LogP contribution in [0, 0.1) is 0 Å². The van der Waals surface area contributed by atoms with E-state index in [1.54, 1.807) is 18.2 Å². The average molecular weight is 426 g/mol. The molecule has 0 saturated carbocycles.